The van der Waals surface area contributed by atoms with Crippen molar-refractivity contribution < 1.29 is 9.47 Å². The van der Waals surface area contributed by atoms with Crippen LogP contribution in [0.2, 0.25) is 0 Å². The van der Waals surface area contributed by atoms with E-state index in [4.69, 9.17) is 20.0 Å². The standard InChI is InChI=1S/C12H9BrN2O2/c1-16-12(9(6-14)7-15)8-17-11-4-2-10(13)3-5-11/h2-5H,8H2,1H3. The molecule has 1 aromatic carbocycles. The molecule has 0 heterocycles. The number of halogens is 1. The predicted molar refractivity (Wildman–Crippen MR) is 64.9 cm³/mol. The predicted octanol–water partition coefficient (Wildman–Crippen LogP) is 2.78. The topological polar surface area (TPSA) is 66.0 Å². The first-order valence-electron chi connectivity index (χ1n) is 4.67. The van der Waals surface area contributed by atoms with E-state index in [2.05, 4.69) is 15.9 Å². The highest BCUT2D eigenvalue weighted by Crippen LogP contribution is 2.17. The second kappa shape index (κ2) is 6.57. The van der Waals surface area contributed by atoms with E-state index in [0.717, 1.165) is 4.47 Å². The fourth-order valence-electron chi connectivity index (χ4n) is 1.06. The van der Waals surface area contributed by atoms with Gasteiger partial charge in [0.15, 0.2) is 11.3 Å². The van der Waals surface area contributed by atoms with Gasteiger partial charge in [0, 0.05) is 4.47 Å². The van der Waals surface area contributed by atoms with Crippen LogP contribution in [-0.4, -0.2) is 13.7 Å². The Morgan fingerprint density at radius 3 is 2.29 bits per heavy atom. The Labute approximate surface area is 108 Å². The number of allylic oxidation sites excluding steroid dienone is 1. The van der Waals surface area contributed by atoms with Gasteiger partial charge in [0.2, 0.25) is 0 Å². The Bertz CT molecular complexity index is 479. The molecule has 0 atom stereocenters. The summed E-state index contributed by atoms with van der Waals surface area (Å²) in [5, 5.41) is 17.4. The number of nitrogens with zero attached hydrogens (tertiary/aromatic N) is 2. The highest BCUT2D eigenvalue weighted by molar-refractivity contribution is 9.10. The highest BCUT2D eigenvalue weighted by atomic mass is 79.9. The molecule has 0 unspecified atom stereocenters. The van der Waals surface area contributed by atoms with Gasteiger partial charge in [-0.3, -0.25) is 0 Å². The fraction of sp³-hybridized carbons (Fsp3) is 0.167. The van der Waals surface area contributed by atoms with Crippen LogP contribution in [0.1, 0.15) is 0 Å². The minimum atomic E-state index is -0.0791. The molecule has 0 aromatic heterocycles. The lowest BCUT2D eigenvalue weighted by Crippen LogP contribution is -2.05. The van der Waals surface area contributed by atoms with Crippen molar-refractivity contribution in [3.63, 3.8) is 0 Å². The van der Waals surface area contributed by atoms with Crippen molar-refractivity contribution in [3.8, 4) is 17.9 Å². The van der Waals surface area contributed by atoms with Crippen LogP contribution in [0.15, 0.2) is 40.1 Å². The molecule has 0 aliphatic heterocycles. The lowest BCUT2D eigenvalue weighted by atomic mass is 10.3. The highest BCUT2D eigenvalue weighted by Gasteiger charge is 2.07. The summed E-state index contributed by atoms with van der Waals surface area (Å²) >= 11 is 3.31. The first-order chi connectivity index (χ1) is 8.21. The number of methoxy groups -OCH3 is 1. The molecule has 0 radical (unpaired) electrons. The number of ether oxygens (including phenoxy) is 2. The van der Waals surface area contributed by atoms with E-state index < -0.39 is 0 Å². The molecule has 0 amide bonds. The molecule has 5 heteroatoms. The van der Waals surface area contributed by atoms with Gasteiger partial charge in [-0.05, 0) is 24.3 Å². The number of hydrogen-bond acceptors (Lipinski definition) is 4. The minimum Gasteiger partial charge on any atom is -0.495 e. The monoisotopic (exact) mass is 292 g/mol. The van der Waals surface area contributed by atoms with E-state index in [1.807, 2.05) is 12.1 Å². The average Bonchev–Trinajstić information content (AvgIpc) is 2.36. The van der Waals surface area contributed by atoms with Crippen LogP contribution in [0.4, 0.5) is 0 Å². The van der Waals surface area contributed by atoms with Crippen LogP contribution in [0.5, 0.6) is 5.75 Å². The lowest BCUT2D eigenvalue weighted by Gasteiger charge is -2.08. The third kappa shape index (κ3) is 3.82. The van der Waals surface area contributed by atoms with Crippen molar-refractivity contribution in [2.45, 2.75) is 0 Å². The van der Waals surface area contributed by atoms with E-state index in [1.165, 1.54) is 7.11 Å². The first kappa shape index (κ1) is 13.1. The molecule has 0 aliphatic carbocycles. The summed E-state index contributed by atoms with van der Waals surface area (Å²) in [6, 6.07) is 10.7. The quantitative estimate of drug-likeness (QED) is 0.632. The van der Waals surface area contributed by atoms with Gasteiger partial charge in [-0.1, -0.05) is 15.9 Å². The molecule has 17 heavy (non-hydrogen) atoms. The molecule has 0 saturated heterocycles. The van der Waals surface area contributed by atoms with Crippen LogP contribution >= 0.6 is 15.9 Å². The van der Waals surface area contributed by atoms with E-state index in [9.17, 15) is 0 Å². The van der Waals surface area contributed by atoms with Crippen LogP contribution in [0.3, 0.4) is 0 Å². The van der Waals surface area contributed by atoms with E-state index in [-0.39, 0.29) is 17.9 Å². The minimum absolute atomic E-state index is 0.0502. The van der Waals surface area contributed by atoms with Gasteiger partial charge in [0.05, 0.1) is 7.11 Å². The molecule has 0 bridgehead atoms. The molecule has 86 valence electrons. The lowest BCUT2D eigenvalue weighted by molar-refractivity contribution is 0.217. The fourth-order valence-corrected chi connectivity index (χ4v) is 1.33. The van der Waals surface area contributed by atoms with Gasteiger partial charge in [-0.25, -0.2) is 0 Å². The summed E-state index contributed by atoms with van der Waals surface area (Å²) in [5.41, 5.74) is -0.0791. The smallest absolute Gasteiger partial charge is 0.170 e. The number of rotatable bonds is 4. The Hall–Kier alpha value is -1.98. The number of nitriles is 2. The third-order valence-electron chi connectivity index (χ3n) is 1.93. The maximum atomic E-state index is 8.69. The summed E-state index contributed by atoms with van der Waals surface area (Å²) in [5.74, 6) is 0.857. The van der Waals surface area contributed by atoms with Gasteiger partial charge < -0.3 is 9.47 Å². The molecule has 0 saturated carbocycles. The molecule has 4 nitrogen and oxygen atoms in total. The summed E-state index contributed by atoms with van der Waals surface area (Å²) in [6.45, 7) is 0.0502. The van der Waals surface area contributed by atoms with Gasteiger partial charge in [-0.15, -0.1) is 0 Å². The molecule has 0 aliphatic rings. The molecule has 1 rings (SSSR count). The van der Waals surface area contributed by atoms with Crippen molar-refractivity contribution in [2.75, 3.05) is 13.7 Å². The van der Waals surface area contributed by atoms with Crippen molar-refractivity contribution in [1.29, 1.82) is 10.5 Å². The van der Waals surface area contributed by atoms with Gasteiger partial charge in [-0.2, -0.15) is 10.5 Å². The van der Waals surface area contributed by atoms with Gasteiger partial charge >= 0.3 is 0 Å². The molecule has 1 aromatic rings. The Morgan fingerprint density at radius 1 is 1.24 bits per heavy atom. The zero-order valence-corrected chi connectivity index (χ0v) is 10.7. The zero-order chi connectivity index (χ0) is 12.7. The second-order valence-corrected chi connectivity index (χ2v) is 3.88. The molecule has 0 spiro atoms. The van der Waals surface area contributed by atoms with Crippen molar-refractivity contribution in [3.05, 3.63) is 40.1 Å². The van der Waals surface area contributed by atoms with Gasteiger partial charge in [0.25, 0.3) is 0 Å². The largest absolute Gasteiger partial charge is 0.495 e. The normalized spacial score (nSPS) is 8.71. The Balaban J connectivity index is 2.73. The zero-order valence-electron chi connectivity index (χ0n) is 9.11. The Kier molecular flexibility index (Phi) is 5.06. The molecule has 0 N–H and O–H groups in total. The van der Waals surface area contributed by atoms with Crippen molar-refractivity contribution in [2.24, 2.45) is 0 Å². The van der Waals surface area contributed by atoms with Crippen molar-refractivity contribution >= 4 is 15.9 Å². The first-order valence-corrected chi connectivity index (χ1v) is 5.46. The SMILES string of the molecule is COC(COc1ccc(Br)cc1)=C(C#N)C#N. The van der Waals surface area contributed by atoms with E-state index >= 15 is 0 Å². The summed E-state index contributed by atoms with van der Waals surface area (Å²) in [6.07, 6.45) is 0. The Morgan fingerprint density at radius 2 is 1.82 bits per heavy atom. The maximum absolute atomic E-state index is 8.69. The maximum Gasteiger partial charge on any atom is 0.170 e. The molecule has 0 fully saturated rings. The number of benzene rings is 1. The van der Waals surface area contributed by atoms with Gasteiger partial charge in [0.1, 0.15) is 24.5 Å². The van der Waals surface area contributed by atoms with Crippen LogP contribution in [0, 0.1) is 22.7 Å². The van der Waals surface area contributed by atoms with E-state index in [0.29, 0.717) is 5.75 Å². The summed E-state index contributed by atoms with van der Waals surface area (Å²) in [7, 11) is 1.40. The van der Waals surface area contributed by atoms with Crippen molar-refractivity contribution in [1.82, 2.24) is 0 Å². The summed E-state index contributed by atoms with van der Waals surface area (Å²) in [4.78, 5) is 0. The summed E-state index contributed by atoms with van der Waals surface area (Å²) < 4.78 is 11.3. The average molecular weight is 293 g/mol. The second-order valence-electron chi connectivity index (χ2n) is 2.97. The molecular weight excluding hydrogens is 284 g/mol. The van der Waals surface area contributed by atoms with Crippen LogP contribution < -0.4 is 4.74 Å². The third-order valence-corrected chi connectivity index (χ3v) is 2.46. The van der Waals surface area contributed by atoms with Crippen LogP contribution in [0.25, 0.3) is 0 Å². The number of hydrogen-bond donors (Lipinski definition) is 0. The molecular formula is C12H9BrN2O2. The van der Waals surface area contributed by atoms with Crippen LogP contribution in [-0.2, 0) is 4.74 Å². The van der Waals surface area contributed by atoms with E-state index in [1.54, 1.807) is 24.3 Å².